The molecular weight excluding hydrogens is 266 g/mol. The fraction of sp³-hybridized carbons (Fsp3) is 0. The Morgan fingerprint density at radius 3 is 2.29 bits per heavy atom. The first-order valence-corrected chi connectivity index (χ1v) is 5.32. The lowest BCUT2D eigenvalue weighted by molar-refractivity contribution is 0.628. The molecule has 0 atom stereocenters. The Balaban J connectivity index is 2.33. The topological polar surface area (TPSA) is 63.8 Å². The van der Waals surface area contributed by atoms with E-state index in [1.165, 1.54) is 0 Å². The number of aromatic nitrogens is 2. The summed E-state index contributed by atoms with van der Waals surface area (Å²) in [5.74, 6) is 0.204. The highest BCUT2D eigenvalue weighted by atomic mass is 35.5. The van der Waals surface area contributed by atoms with Gasteiger partial charge in [-0.1, -0.05) is 23.2 Å². The van der Waals surface area contributed by atoms with Crippen molar-refractivity contribution < 1.29 is 4.39 Å². The van der Waals surface area contributed by atoms with Crippen molar-refractivity contribution in [3.05, 3.63) is 40.1 Å². The third-order valence-corrected chi connectivity index (χ3v) is 2.54. The second-order valence-corrected chi connectivity index (χ2v) is 4.03. The van der Waals surface area contributed by atoms with E-state index < -0.39 is 5.82 Å². The normalized spacial score (nSPS) is 10.3. The number of hydrogen-bond acceptors (Lipinski definition) is 4. The van der Waals surface area contributed by atoms with Gasteiger partial charge in [-0.05, 0) is 24.3 Å². The van der Waals surface area contributed by atoms with Crippen LogP contribution in [-0.2, 0) is 0 Å². The SMILES string of the molecule is Nc1ccc(Nc2c(Cl)cc(F)cc2Cl)nn1. The van der Waals surface area contributed by atoms with Crippen LogP contribution in [0.4, 0.5) is 21.7 Å². The highest BCUT2D eigenvalue weighted by molar-refractivity contribution is 6.39. The van der Waals surface area contributed by atoms with E-state index in [-0.39, 0.29) is 10.0 Å². The molecule has 1 aromatic carbocycles. The molecule has 0 saturated heterocycles. The van der Waals surface area contributed by atoms with Gasteiger partial charge >= 0.3 is 0 Å². The van der Waals surface area contributed by atoms with Gasteiger partial charge in [-0.3, -0.25) is 0 Å². The van der Waals surface area contributed by atoms with Crippen LogP contribution >= 0.6 is 23.2 Å². The van der Waals surface area contributed by atoms with Crippen molar-refractivity contribution in [2.24, 2.45) is 0 Å². The fourth-order valence-corrected chi connectivity index (χ4v) is 1.75. The van der Waals surface area contributed by atoms with Gasteiger partial charge in [0, 0.05) is 0 Å². The molecule has 0 bridgehead atoms. The summed E-state index contributed by atoms with van der Waals surface area (Å²) in [6.07, 6.45) is 0. The molecule has 88 valence electrons. The number of anilines is 3. The van der Waals surface area contributed by atoms with Gasteiger partial charge < -0.3 is 11.1 Å². The van der Waals surface area contributed by atoms with Gasteiger partial charge in [0.25, 0.3) is 0 Å². The van der Waals surface area contributed by atoms with Crippen LogP contribution in [0.25, 0.3) is 0 Å². The minimum atomic E-state index is -0.506. The number of rotatable bonds is 2. The summed E-state index contributed by atoms with van der Waals surface area (Å²) in [6, 6.07) is 5.49. The molecule has 17 heavy (non-hydrogen) atoms. The van der Waals surface area contributed by atoms with Crippen molar-refractivity contribution in [2.45, 2.75) is 0 Å². The van der Waals surface area contributed by atoms with Gasteiger partial charge in [0.2, 0.25) is 0 Å². The van der Waals surface area contributed by atoms with Crippen molar-refractivity contribution in [1.82, 2.24) is 10.2 Å². The highest BCUT2D eigenvalue weighted by Crippen LogP contribution is 2.33. The molecular formula is C10H7Cl2FN4. The summed E-state index contributed by atoms with van der Waals surface area (Å²) in [5, 5.41) is 10.6. The number of nitrogen functional groups attached to an aromatic ring is 1. The Bertz CT molecular complexity index is 521. The summed E-state index contributed by atoms with van der Waals surface area (Å²) >= 11 is 11.7. The second-order valence-electron chi connectivity index (χ2n) is 3.21. The average molecular weight is 273 g/mol. The maximum atomic E-state index is 13.0. The Morgan fingerprint density at radius 2 is 1.76 bits per heavy atom. The molecule has 1 aromatic heterocycles. The zero-order chi connectivity index (χ0) is 12.4. The maximum absolute atomic E-state index is 13.0. The summed E-state index contributed by atoms with van der Waals surface area (Å²) < 4.78 is 13.0. The van der Waals surface area contributed by atoms with Crippen LogP contribution < -0.4 is 11.1 Å². The molecule has 4 nitrogen and oxygen atoms in total. The monoisotopic (exact) mass is 272 g/mol. The molecule has 0 unspecified atom stereocenters. The lowest BCUT2D eigenvalue weighted by Gasteiger charge is -2.09. The third kappa shape index (κ3) is 2.75. The first-order chi connectivity index (χ1) is 8.06. The molecule has 0 amide bonds. The molecule has 0 saturated carbocycles. The van der Waals surface area contributed by atoms with E-state index in [0.717, 1.165) is 12.1 Å². The number of nitrogens with one attached hydrogen (secondary N) is 1. The van der Waals surface area contributed by atoms with Gasteiger partial charge in [0.1, 0.15) is 11.6 Å². The van der Waals surface area contributed by atoms with E-state index in [0.29, 0.717) is 17.3 Å². The van der Waals surface area contributed by atoms with Crippen molar-refractivity contribution in [1.29, 1.82) is 0 Å². The lowest BCUT2D eigenvalue weighted by atomic mass is 10.3. The van der Waals surface area contributed by atoms with Crippen molar-refractivity contribution in [2.75, 3.05) is 11.1 Å². The van der Waals surface area contributed by atoms with Gasteiger partial charge in [-0.2, -0.15) is 0 Å². The van der Waals surface area contributed by atoms with Gasteiger partial charge in [-0.15, -0.1) is 10.2 Å². The second kappa shape index (κ2) is 4.73. The first-order valence-electron chi connectivity index (χ1n) is 4.57. The maximum Gasteiger partial charge on any atom is 0.153 e. The average Bonchev–Trinajstić information content (AvgIpc) is 2.26. The van der Waals surface area contributed by atoms with Crippen LogP contribution in [0.15, 0.2) is 24.3 Å². The van der Waals surface area contributed by atoms with E-state index in [1.54, 1.807) is 12.1 Å². The number of nitrogens with two attached hydrogens (primary N) is 1. The molecule has 0 aliphatic carbocycles. The van der Waals surface area contributed by atoms with E-state index in [4.69, 9.17) is 28.9 Å². The van der Waals surface area contributed by atoms with Crippen LogP contribution in [0.5, 0.6) is 0 Å². The summed E-state index contributed by atoms with van der Waals surface area (Å²) in [6.45, 7) is 0. The summed E-state index contributed by atoms with van der Waals surface area (Å²) in [5.41, 5.74) is 5.77. The molecule has 0 fully saturated rings. The molecule has 0 aliphatic heterocycles. The zero-order valence-electron chi connectivity index (χ0n) is 8.42. The Hall–Kier alpha value is -1.59. The molecule has 0 radical (unpaired) electrons. The third-order valence-electron chi connectivity index (χ3n) is 1.95. The molecule has 7 heteroatoms. The van der Waals surface area contributed by atoms with Crippen molar-refractivity contribution >= 4 is 40.5 Å². The van der Waals surface area contributed by atoms with Crippen molar-refractivity contribution in [3.8, 4) is 0 Å². The van der Waals surface area contributed by atoms with Crippen LogP contribution in [0, 0.1) is 5.82 Å². The smallest absolute Gasteiger partial charge is 0.153 e. The number of hydrogen-bond donors (Lipinski definition) is 2. The highest BCUT2D eigenvalue weighted by Gasteiger charge is 2.09. The van der Waals surface area contributed by atoms with Crippen molar-refractivity contribution in [3.63, 3.8) is 0 Å². The fourth-order valence-electron chi connectivity index (χ4n) is 1.20. The number of nitrogens with zero attached hydrogens (tertiary/aromatic N) is 2. The van der Waals surface area contributed by atoms with Gasteiger partial charge in [-0.25, -0.2) is 4.39 Å². The number of benzene rings is 1. The quantitative estimate of drug-likeness (QED) is 0.881. The zero-order valence-corrected chi connectivity index (χ0v) is 9.93. The molecule has 2 rings (SSSR count). The van der Waals surface area contributed by atoms with Crippen LogP contribution in [0.1, 0.15) is 0 Å². The Morgan fingerprint density at radius 1 is 1.12 bits per heavy atom. The Labute approximate surface area is 107 Å². The van der Waals surface area contributed by atoms with E-state index in [9.17, 15) is 4.39 Å². The Kier molecular flexibility index (Phi) is 3.31. The molecule has 0 spiro atoms. The lowest BCUT2D eigenvalue weighted by Crippen LogP contribution is -1.99. The largest absolute Gasteiger partial charge is 0.382 e. The van der Waals surface area contributed by atoms with E-state index in [1.807, 2.05) is 0 Å². The van der Waals surface area contributed by atoms with E-state index in [2.05, 4.69) is 15.5 Å². The minimum Gasteiger partial charge on any atom is -0.382 e. The first kappa shape index (κ1) is 11.9. The number of halogens is 3. The molecule has 1 heterocycles. The molecule has 2 aromatic rings. The predicted octanol–water partition coefficient (Wildman–Crippen LogP) is 3.25. The minimum absolute atomic E-state index is 0.161. The van der Waals surface area contributed by atoms with Crippen LogP contribution in [0.3, 0.4) is 0 Å². The predicted molar refractivity (Wildman–Crippen MR) is 66.1 cm³/mol. The standard InChI is InChI=1S/C10H7Cl2FN4/c11-6-3-5(13)4-7(12)10(6)15-9-2-1-8(14)16-17-9/h1-4H,(H2,14,16)(H,15,17). The van der Waals surface area contributed by atoms with Crippen LogP contribution in [0.2, 0.25) is 10.0 Å². The van der Waals surface area contributed by atoms with E-state index >= 15 is 0 Å². The molecule has 3 N–H and O–H groups in total. The van der Waals surface area contributed by atoms with Crippen LogP contribution in [-0.4, -0.2) is 10.2 Å². The van der Waals surface area contributed by atoms with Gasteiger partial charge in [0.15, 0.2) is 5.82 Å². The summed E-state index contributed by atoms with van der Waals surface area (Å²) in [7, 11) is 0. The summed E-state index contributed by atoms with van der Waals surface area (Å²) in [4.78, 5) is 0. The molecule has 0 aliphatic rings. The van der Waals surface area contributed by atoms with Gasteiger partial charge in [0.05, 0.1) is 15.7 Å².